The zero-order valence-electron chi connectivity index (χ0n) is 14.6. The van der Waals surface area contributed by atoms with Crippen molar-refractivity contribution in [3.63, 3.8) is 0 Å². The van der Waals surface area contributed by atoms with Crippen LogP contribution in [0.2, 0.25) is 0 Å². The van der Waals surface area contributed by atoms with Gasteiger partial charge in [-0.25, -0.2) is 0 Å². The van der Waals surface area contributed by atoms with Crippen LogP contribution in [0.5, 0.6) is 0 Å². The Bertz CT molecular complexity index is 504. The van der Waals surface area contributed by atoms with E-state index in [1.165, 1.54) is 30.5 Å². The van der Waals surface area contributed by atoms with Gasteiger partial charge in [-0.1, -0.05) is 29.8 Å². The molecule has 5 heteroatoms. The van der Waals surface area contributed by atoms with Crippen LogP contribution in [-0.2, 0) is 11.3 Å². The number of ether oxygens (including phenoxy) is 1. The first-order valence-corrected chi connectivity index (χ1v) is 8.46. The summed E-state index contributed by atoms with van der Waals surface area (Å²) < 4.78 is 5.20. The van der Waals surface area contributed by atoms with Gasteiger partial charge >= 0.3 is 0 Å². The summed E-state index contributed by atoms with van der Waals surface area (Å²) in [4.78, 5) is 6.83. The van der Waals surface area contributed by atoms with Gasteiger partial charge in [0, 0.05) is 39.8 Å². The maximum atomic E-state index is 5.20. The molecule has 1 aliphatic rings. The Morgan fingerprint density at radius 3 is 3.00 bits per heavy atom. The third-order valence-electron chi connectivity index (χ3n) is 4.35. The Labute approximate surface area is 140 Å². The molecular formula is C18H30N4O. The summed E-state index contributed by atoms with van der Waals surface area (Å²) >= 11 is 0. The van der Waals surface area contributed by atoms with Gasteiger partial charge in [0.1, 0.15) is 0 Å². The van der Waals surface area contributed by atoms with Gasteiger partial charge in [0.2, 0.25) is 0 Å². The summed E-state index contributed by atoms with van der Waals surface area (Å²) in [5.41, 5.74) is 2.56. The fourth-order valence-electron chi connectivity index (χ4n) is 3.07. The molecule has 0 saturated carbocycles. The summed E-state index contributed by atoms with van der Waals surface area (Å²) in [7, 11) is 3.59. The number of nitrogens with one attached hydrogen (secondary N) is 2. The molecule has 1 saturated heterocycles. The molecule has 1 atom stereocenters. The van der Waals surface area contributed by atoms with Crippen molar-refractivity contribution in [1.82, 2.24) is 15.5 Å². The number of guanidine groups is 1. The number of nitrogens with zero attached hydrogens (tertiary/aromatic N) is 2. The second-order valence-electron chi connectivity index (χ2n) is 6.12. The summed E-state index contributed by atoms with van der Waals surface area (Å²) in [6.07, 6.45) is 2.51. The molecule has 1 fully saturated rings. The number of hydrogen-bond acceptors (Lipinski definition) is 3. The van der Waals surface area contributed by atoms with Gasteiger partial charge in [-0.05, 0) is 31.9 Å². The van der Waals surface area contributed by atoms with Crippen molar-refractivity contribution in [3.8, 4) is 0 Å². The number of aliphatic imine (C=N–C) groups is 1. The third-order valence-corrected chi connectivity index (χ3v) is 4.35. The molecule has 0 aromatic heterocycles. The minimum Gasteiger partial charge on any atom is -0.383 e. The van der Waals surface area contributed by atoms with E-state index in [0.717, 1.165) is 32.2 Å². The fourth-order valence-corrected chi connectivity index (χ4v) is 3.07. The van der Waals surface area contributed by atoms with E-state index >= 15 is 0 Å². The molecule has 2 rings (SSSR count). The zero-order chi connectivity index (χ0) is 16.5. The molecule has 23 heavy (non-hydrogen) atoms. The highest BCUT2D eigenvalue weighted by Gasteiger charge is 2.23. The first-order valence-electron chi connectivity index (χ1n) is 8.46. The van der Waals surface area contributed by atoms with E-state index in [1.807, 2.05) is 7.05 Å². The van der Waals surface area contributed by atoms with Crippen LogP contribution in [0.25, 0.3) is 0 Å². The summed E-state index contributed by atoms with van der Waals surface area (Å²) in [6.45, 7) is 6.82. The third kappa shape index (κ3) is 5.84. The highest BCUT2D eigenvalue weighted by atomic mass is 16.5. The van der Waals surface area contributed by atoms with E-state index in [4.69, 9.17) is 4.74 Å². The molecule has 1 unspecified atom stereocenters. The lowest BCUT2D eigenvalue weighted by Crippen LogP contribution is -2.45. The lowest BCUT2D eigenvalue weighted by atomic mass is 10.1. The molecule has 1 aromatic carbocycles. The van der Waals surface area contributed by atoms with E-state index in [2.05, 4.69) is 51.7 Å². The second kappa shape index (κ2) is 9.53. The minimum atomic E-state index is 0.572. The highest BCUT2D eigenvalue weighted by molar-refractivity contribution is 5.79. The summed E-state index contributed by atoms with van der Waals surface area (Å²) in [5, 5.41) is 6.85. The van der Waals surface area contributed by atoms with Crippen LogP contribution in [0.4, 0.5) is 0 Å². The molecule has 1 aliphatic heterocycles. The van der Waals surface area contributed by atoms with Crippen molar-refractivity contribution in [2.45, 2.75) is 32.4 Å². The largest absolute Gasteiger partial charge is 0.383 e. The first kappa shape index (κ1) is 17.8. The summed E-state index contributed by atoms with van der Waals surface area (Å²) in [5.74, 6) is 0.866. The van der Waals surface area contributed by atoms with E-state index in [-0.39, 0.29) is 0 Å². The van der Waals surface area contributed by atoms with Gasteiger partial charge in [0.25, 0.3) is 0 Å². The van der Waals surface area contributed by atoms with Gasteiger partial charge in [0.05, 0.1) is 6.61 Å². The smallest absolute Gasteiger partial charge is 0.191 e. The lowest BCUT2D eigenvalue weighted by Gasteiger charge is -2.25. The molecule has 1 aromatic rings. The van der Waals surface area contributed by atoms with Crippen molar-refractivity contribution in [3.05, 3.63) is 35.4 Å². The van der Waals surface area contributed by atoms with Crippen LogP contribution in [0, 0.1) is 6.92 Å². The van der Waals surface area contributed by atoms with Gasteiger partial charge in [0.15, 0.2) is 5.96 Å². The van der Waals surface area contributed by atoms with Crippen LogP contribution in [0.1, 0.15) is 24.0 Å². The summed E-state index contributed by atoms with van der Waals surface area (Å²) in [6, 6.07) is 9.11. The maximum absolute atomic E-state index is 5.20. The van der Waals surface area contributed by atoms with Crippen LogP contribution in [0.15, 0.2) is 29.3 Å². The lowest BCUT2D eigenvalue weighted by molar-refractivity contribution is 0.141. The monoisotopic (exact) mass is 318 g/mol. The van der Waals surface area contributed by atoms with Crippen LogP contribution < -0.4 is 10.6 Å². The quantitative estimate of drug-likeness (QED) is 0.594. The normalized spacial score (nSPS) is 19.1. The molecule has 5 nitrogen and oxygen atoms in total. The number of methoxy groups -OCH3 is 1. The van der Waals surface area contributed by atoms with Crippen LogP contribution >= 0.6 is 0 Å². The van der Waals surface area contributed by atoms with Crippen molar-refractivity contribution >= 4 is 5.96 Å². The van der Waals surface area contributed by atoms with Gasteiger partial charge in [-0.3, -0.25) is 9.89 Å². The van der Waals surface area contributed by atoms with Gasteiger partial charge < -0.3 is 15.4 Å². The van der Waals surface area contributed by atoms with Gasteiger partial charge in [-0.2, -0.15) is 0 Å². The van der Waals surface area contributed by atoms with E-state index in [9.17, 15) is 0 Å². The van der Waals surface area contributed by atoms with E-state index in [0.29, 0.717) is 6.04 Å². The Morgan fingerprint density at radius 2 is 2.26 bits per heavy atom. The SMILES string of the molecule is CN=C(NCc1cccc(C)c1)NCC1CCCN1CCOC. The second-order valence-corrected chi connectivity index (χ2v) is 6.12. The number of rotatable bonds is 7. The minimum absolute atomic E-state index is 0.572. The van der Waals surface area contributed by atoms with Crippen molar-refractivity contribution < 1.29 is 4.74 Å². The predicted octanol–water partition coefficient (Wildman–Crippen LogP) is 1.77. The molecule has 0 spiro atoms. The molecule has 0 aliphatic carbocycles. The molecular weight excluding hydrogens is 288 g/mol. The number of likely N-dealkylation sites (tertiary alicyclic amines) is 1. The standard InChI is InChI=1S/C18H30N4O/c1-15-6-4-7-16(12-15)13-20-18(19-2)21-14-17-8-5-9-22(17)10-11-23-3/h4,6-7,12,17H,5,8-11,13-14H2,1-3H3,(H2,19,20,21). The van der Waals surface area contributed by atoms with E-state index in [1.54, 1.807) is 7.11 Å². The topological polar surface area (TPSA) is 48.9 Å². The molecule has 0 bridgehead atoms. The van der Waals surface area contributed by atoms with Crippen LogP contribution in [0.3, 0.4) is 0 Å². The Kier molecular flexibility index (Phi) is 7.36. The Morgan fingerprint density at radius 1 is 1.39 bits per heavy atom. The predicted molar refractivity (Wildman–Crippen MR) is 95.9 cm³/mol. The number of benzene rings is 1. The van der Waals surface area contributed by atoms with Crippen molar-refractivity contribution in [2.75, 3.05) is 40.4 Å². The molecule has 2 N–H and O–H groups in total. The van der Waals surface area contributed by atoms with Gasteiger partial charge in [-0.15, -0.1) is 0 Å². The van der Waals surface area contributed by atoms with Crippen molar-refractivity contribution in [1.29, 1.82) is 0 Å². The van der Waals surface area contributed by atoms with Crippen molar-refractivity contribution in [2.24, 2.45) is 4.99 Å². The average Bonchev–Trinajstić information content (AvgIpc) is 3.00. The molecule has 128 valence electrons. The zero-order valence-corrected chi connectivity index (χ0v) is 14.6. The maximum Gasteiger partial charge on any atom is 0.191 e. The number of hydrogen-bond donors (Lipinski definition) is 2. The molecule has 1 heterocycles. The Balaban J connectivity index is 1.76. The molecule has 0 amide bonds. The highest BCUT2D eigenvalue weighted by Crippen LogP contribution is 2.15. The number of aryl methyl sites for hydroxylation is 1. The Hall–Kier alpha value is -1.59. The first-order chi connectivity index (χ1) is 11.2. The van der Waals surface area contributed by atoms with Crippen LogP contribution in [-0.4, -0.2) is 57.3 Å². The average molecular weight is 318 g/mol. The fraction of sp³-hybridized carbons (Fsp3) is 0.611. The van der Waals surface area contributed by atoms with E-state index < -0.39 is 0 Å². The molecule has 0 radical (unpaired) electrons.